The predicted molar refractivity (Wildman–Crippen MR) is 45.6 cm³/mol. The molecule has 3 nitrogen and oxygen atoms in total. The van der Waals surface area contributed by atoms with Gasteiger partial charge in [0.25, 0.3) is 0 Å². The number of thiazole rings is 1. The Hall–Kier alpha value is -0.160. The molecule has 0 atom stereocenters. The second-order valence-electron chi connectivity index (χ2n) is 1.81. The predicted octanol–water partition coefficient (Wildman–Crippen LogP) is 1.84. The first kappa shape index (κ1) is 8.93. The molecule has 0 unspecified atom stereocenters. The Morgan fingerprint density at radius 2 is 2.64 bits per heavy atom. The van der Waals surface area contributed by atoms with Crippen LogP contribution in [0, 0.1) is 0 Å². The highest BCUT2D eigenvalue weighted by Gasteiger charge is 1.97. The Bertz CT molecular complexity index is 216. The second kappa shape index (κ2) is 4.66. The maximum atomic E-state index is 5.66. The van der Waals surface area contributed by atoms with E-state index in [9.17, 15) is 0 Å². The maximum Gasteiger partial charge on any atom is 0.113 e. The number of nitrogens with one attached hydrogen (secondary N) is 1. The first-order chi connectivity index (χ1) is 5.33. The van der Waals surface area contributed by atoms with Crippen molar-refractivity contribution in [3.63, 3.8) is 0 Å². The SMILES string of the molecule is CCONCc1ncc(Cl)s1. The van der Waals surface area contributed by atoms with E-state index in [4.69, 9.17) is 16.4 Å². The summed E-state index contributed by atoms with van der Waals surface area (Å²) in [7, 11) is 0. The van der Waals surface area contributed by atoms with Crippen LogP contribution in [0.3, 0.4) is 0 Å². The number of nitrogens with zero attached hydrogens (tertiary/aromatic N) is 1. The van der Waals surface area contributed by atoms with E-state index in [0.29, 0.717) is 17.5 Å². The molecule has 0 saturated carbocycles. The molecule has 0 radical (unpaired) electrons. The average molecular weight is 193 g/mol. The number of hydroxylamine groups is 1. The minimum absolute atomic E-state index is 0.616. The number of hydrogen-bond acceptors (Lipinski definition) is 4. The van der Waals surface area contributed by atoms with Gasteiger partial charge in [-0.2, -0.15) is 5.48 Å². The largest absolute Gasteiger partial charge is 0.302 e. The third kappa shape index (κ3) is 3.16. The van der Waals surface area contributed by atoms with Crippen LogP contribution in [0.5, 0.6) is 0 Å². The van der Waals surface area contributed by atoms with Crippen molar-refractivity contribution < 1.29 is 4.84 Å². The van der Waals surface area contributed by atoms with E-state index in [1.807, 2.05) is 6.92 Å². The van der Waals surface area contributed by atoms with Crippen molar-refractivity contribution in [3.05, 3.63) is 15.5 Å². The van der Waals surface area contributed by atoms with Gasteiger partial charge in [-0.1, -0.05) is 11.6 Å². The molecule has 11 heavy (non-hydrogen) atoms. The zero-order valence-electron chi connectivity index (χ0n) is 6.13. The van der Waals surface area contributed by atoms with E-state index in [-0.39, 0.29) is 0 Å². The average Bonchev–Trinajstić information content (AvgIpc) is 2.37. The zero-order chi connectivity index (χ0) is 8.10. The van der Waals surface area contributed by atoms with E-state index < -0.39 is 0 Å². The van der Waals surface area contributed by atoms with Crippen LogP contribution in [-0.2, 0) is 11.4 Å². The molecular weight excluding hydrogens is 184 g/mol. The third-order valence-electron chi connectivity index (χ3n) is 0.995. The normalized spacial score (nSPS) is 10.4. The zero-order valence-corrected chi connectivity index (χ0v) is 7.71. The minimum atomic E-state index is 0.616. The lowest BCUT2D eigenvalue weighted by atomic mass is 10.7. The van der Waals surface area contributed by atoms with Gasteiger partial charge in [0.1, 0.15) is 9.34 Å². The summed E-state index contributed by atoms with van der Waals surface area (Å²) in [6.07, 6.45) is 1.63. The van der Waals surface area contributed by atoms with E-state index in [1.165, 1.54) is 11.3 Å². The second-order valence-corrected chi connectivity index (χ2v) is 3.56. The summed E-state index contributed by atoms with van der Waals surface area (Å²) in [5.41, 5.74) is 2.75. The standard InChI is InChI=1S/C6H9ClN2OS/c1-2-10-9-4-6-8-3-5(7)11-6/h3,9H,2,4H2,1H3. The van der Waals surface area contributed by atoms with E-state index in [1.54, 1.807) is 6.20 Å². The Balaban J connectivity index is 2.27. The molecule has 0 aliphatic carbocycles. The van der Waals surface area contributed by atoms with E-state index >= 15 is 0 Å². The highest BCUT2D eigenvalue weighted by Crippen LogP contribution is 2.17. The van der Waals surface area contributed by atoms with Crippen molar-refractivity contribution in [2.24, 2.45) is 0 Å². The minimum Gasteiger partial charge on any atom is -0.302 e. The van der Waals surface area contributed by atoms with E-state index in [0.717, 1.165) is 5.01 Å². The molecule has 0 fully saturated rings. The summed E-state index contributed by atoms with van der Waals surface area (Å²) in [6.45, 7) is 3.19. The van der Waals surface area contributed by atoms with Crippen LogP contribution in [0.25, 0.3) is 0 Å². The molecule has 0 bridgehead atoms. The quantitative estimate of drug-likeness (QED) is 0.584. The molecule has 1 aromatic heterocycles. The van der Waals surface area contributed by atoms with Crippen LogP contribution in [0.4, 0.5) is 0 Å². The maximum absolute atomic E-state index is 5.66. The number of rotatable bonds is 4. The molecule has 0 amide bonds. The third-order valence-corrected chi connectivity index (χ3v) is 2.11. The Kier molecular flexibility index (Phi) is 3.79. The van der Waals surface area contributed by atoms with Crippen molar-refractivity contribution in [1.82, 2.24) is 10.5 Å². The summed E-state index contributed by atoms with van der Waals surface area (Å²) in [6, 6.07) is 0. The Morgan fingerprint density at radius 3 is 3.18 bits per heavy atom. The highest BCUT2D eigenvalue weighted by atomic mass is 35.5. The molecule has 1 N–H and O–H groups in total. The Labute approximate surface area is 74.3 Å². The van der Waals surface area contributed by atoms with Gasteiger partial charge in [-0.25, -0.2) is 4.98 Å². The highest BCUT2D eigenvalue weighted by molar-refractivity contribution is 7.15. The summed E-state index contributed by atoms with van der Waals surface area (Å²) in [5.74, 6) is 0. The molecular formula is C6H9ClN2OS. The van der Waals surface area contributed by atoms with Gasteiger partial charge in [-0.15, -0.1) is 11.3 Å². The van der Waals surface area contributed by atoms with Crippen LogP contribution >= 0.6 is 22.9 Å². The lowest BCUT2D eigenvalue weighted by Crippen LogP contribution is -2.13. The molecule has 0 aliphatic heterocycles. The Morgan fingerprint density at radius 1 is 1.82 bits per heavy atom. The number of hydrogen-bond donors (Lipinski definition) is 1. The van der Waals surface area contributed by atoms with E-state index in [2.05, 4.69) is 10.5 Å². The first-order valence-corrected chi connectivity index (χ1v) is 4.47. The topological polar surface area (TPSA) is 34.1 Å². The van der Waals surface area contributed by atoms with Crippen LogP contribution in [0.2, 0.25) is 4.34 Å². The van der Waals surface area contributed by atoms with Crippen LogP contribution in [0.1, 0.15) is 11.9 Å². The number of halogens is 1. The molecule has 62 valence electrons. The van der Waals surface area contributed by atoms with Crippen molar-refractivity contribution in [3.8, 4) is 0 Å². The fraction of sp³-hybridized carbons (Fsp3) is 0.500. The van der Waals surface area contributed by atoms with Gasteiger partial charge in [0.15, 0.2) is 0 Å². The lowest BCUT2D eigenvalue weighted by Gasteiger charge is -1.98. The molecule has 1 aromatic rings. The molecule has 1 heterocycles. The fourth-order valence-corrected chi connectivity index (χ4v) is 1.47. The molecule has 0 aliphatic rings. The molecule has 0 saturated heterocycles. The van der Waals surface area contributed by atoms with Crippen LogP contribution < -0.4 is 5.48 Å². The summed E-state index contributed by atoms with van der Waals surface area (Å²) >= 11 is 7.11. The smallest absolute Gasteiger partial charge is 0.113 e. The lowest BCUT2D eigenvalue weighted by molar-refractivity contribution is 0.0463. The van der Waals surface area contributed by atoms with Crippen molar-refractivity contribution in [1.29, 1.82) is 0 Å². The van der Waals surface area contributed by atoms with Gasteiger partial charge in [0, 0.05) is 0 Å². The fourth-order valence-electron chi connectivity index (χ4n) is 0.585. The first-order valence-electron chi connectivity index (χ1n) is 3.27. The summed E-state index contributed by atoms with van der Waals surface area (Å²) in [5, 5.41) is 0.934. The van der Waals surface area contributed by atoms with Gasteiger partial charge < -0.3 is 4.84 Å². The van der Waals surface area contributed by atoms with Gasteiger partial charge in [-0.3, -0.25) is 0 Å². The van der Waals surface area contributed by atoms with Gasteiger partial charge >= 0.3 is 0 Å². The van der Waals surface area contributed by atoms with Gasteiger partial charge in [0.05, 0.1) is 19.3 Å². The molecule has 5 heteroatoms. The van der Waals surface area contributed by atoms with Crippen molar-refractivity contribution in [2.45, 2.75) is 13.5 Å². The monoisotopic (exact) mass is 192 g/mol. The van der Waals surface area contributed by atoms with Crippen molar-refractivity contribution in [2.75, 3.05) is 6.61 Å². The molecule has 0 aromatic carbocycles. The number of aromatic nitrogens is 1. The summed E-state index contributed by atoms with van der Waals surface area (Å²) in [4.78, 5) is 8.95. The van der Waals surface area contributed by atoms with Crippen LogP contribution in [0.15, 0.2) is 6.20 Å². The molecule has 1 rings (SSSR count). The van der Waals surface area contributed by atoms with Crippen LogP contribution in [-0.4, -0.2) is 11.6 Å². The van der Waals surface area contributed by atoms with Gasteiger partial charge in [0.2, 0.25) is 0 Å². The van der Waals surface area contributed by atoms with Crippen molar-refractivity contribution >= 4 is 22.9 Å². The summed E-state index contributed by atoms with van der Waals surface area (Å²) < 4.78 is 0.707. The van der Waals surface area contributed by atoms with Gasteiger partial charge in [-0.05, 0) is 6.92 Å². The molecule has 0 spiro atoms.